The molecule has 9 aliphatic rings. The highest BCUT2D eigenvalue weighted by Gasteiger charge is 2.30. The molecule has 68 heavy (non-hydrogen) atoms. The molecule has 9 rings (SSSR count). The first-order chi connectivity index (χ1) is 32.5. The van der Waals surface area contributed by atoms with Crippen LogP contribution in [0.4, 0.5) is 0 Å². The molecule has 0 saturated heterocycles. The molecule has 392 valence electrons. The molecule has 0 bridgehead atoms. The molecule has 0 heterocycles. The summed E-state index contributed by atoms with van der Waals surface area (Å²) in [7, 11) is -4.64. The predicted molar refractivity (Wildman–Crippen MR) is 273 cm³/mol. The van der Waals surface area contributed by atoms with Crippen molar-refractivity contribution in [2.45, 2.75) is 267 Å². The molecule has 0 spiro atoms. The normalized spacial score (nSPS) is 23.1. The Morgan fingerprint density at radius 1 is 0.309 bits per heavy atom. The quantitative estimate of drug-likeness (QED) is 0.0656. The smallest absolute Gasteiger partial charge is 0.466 e. The van der Waals surface area contributed by atoms with Crippen molar-refractivity contribution in [1.82, 2.24) is 16.0 Å². The Morgan fingerprint density at radius 2 is 0.441 bits per heavy atom. The van der Waals surface area contributed by atoms with E-state index in [1.807, 2.05) is 0 Å². The van der Waals surface area contributed by atoms with Gasteiger partial charge in [-0.2, -0.15) is 0 Å². The Morgan fingerprint density at radius 3 is 0.529 bits per heavy atom. The summed E-state index contributed by atoms with van der Waals surface area (Å²) in [6.07, 6.45) is 49.8. The van der Waals surface area contributed by atoms with E-state index in [2.05, 4.69) is 35.7 Å². The average Bonchev–Trinajstić information content (AvgIpc) is 4.16. The molecule has 0 radical (unpaired) electrons. The SMILES string of the molecule is C1CCC(NC2CCCCC2)CC1.C1CCC(NC2CCCCC2)CC1.C1CCC(NC2CCCCC2)CC1.C=C(C(=O)O)C1CC1.C=C(C(=O)O)C1CC1.C=C(C(=O)O)C1CC1.O=P(O)(O)O. The molecule has 9 aliphatic carbocycles. The van der Waals surface area contributed by atoms with Gasteiger partial charge in [-0.15, -0.1) is 0 Å². The van der Waals surface area contributed by atoms with Gasteiger partial charge in [0.05, 0.1) is 0 Å². The lowest BCUT2D eigenvalue weighted by molar-refractivity contribution is -0.133. The molecular weight excluding hydrogens is 882 g/mol. The van der Waals surface area contributed by atoms with Crippen LogP contribution >= 0.6 is 7.82 Å². The third-order valence-corrected chi connectivity index (χ3v) is 15.1. The molecule has 0 unspecified atom stereocenters. The molecule has 9 fully saturated rings. The van der Waals surface area contributed by atoms with Crippen molar-refractivity contribution >= 4 is 25.7 Å². The molecular formula is C54H96N3O10P. The number of carbonyl (C=O) groups is 3. The zero-order valence-electron chi connectivity index (χ0n) is 42.0. The van der Waals surface area contributed by atoms with Gasteiger partial charge in [0.1, 0.15) is 0 Å². The Labute approximate surface area is 410 Å². The maximum absolute atomic E-state index is 10.1. The molecule has 9 saturated carbocycles. The van der Waals surface area contributed by atoms with E-state index in [4.69, 9.17) is 34.6 Å². The predicted octanol–water partition coefficient (Wildman–Crippen LogP) is 11.9. The molecule has 14 heteroatoms. The van der Waals surface area contributed by atoms with Gasteiger partial charge >= 0.3 is 25.7 Å². The number of aliphatic carboxylic acids is 3. The zero-order chi connectivity index (χ0) is 49.7. The number of hydrogen-bond acceptors (Lipinski definition) is 7. The van der Waals surface area contributed by atoms with Gasteiger partial charge in [-0.1, -0.05) is 135 Å². The second-order valence-corrected chi connectivity index (χ2v) is 22.4. The molecule has 0 aromatic heterocycles. The van der Waals surface area contributed by atoms with Crippen LogP contribution in [0.25, 0.3) is 0 Å². The van der Waals surface area contributed by atoms with Crippen molar-refractivity contribution in [3.05, 3.63) is 36.5 Å². The summed E-state index contributed by atoms with van der Waals surface area (Å²) in [5.74, 6) is -1.63. The first-order valence-corrected chi connectivity index (χ1v) is 28.9. The summed E-state index contributed by atoms with van der Waals surface area (Å²) in [6, 6.07) is 5.23. The van der Waals surface area contributed by atoms with E-state index in [1.54, 1.807) is 0 Å². The molecule has 0 aliphatic heterocycles. The van der Waals surface area contributed by atoms with E-state index in [9.17, 15) is 14.4 Å². The number of rotatable bonds is 12. The second kappa shape index (κ2) is 34.1. The van der Waals surface area contributed by atoms with E-state index < -0.39 is 25.7 Å². The molecule has 0 aromatic rings. The fraction of sp³-hybridized carbons (Fsp3) is 0.833. The highest BCUT2D eigenvalue weighted by Crippen LogP contribution is 2.37. The van der Waals surface area contributed by atoms with E-state index in [-0.39, 0.29) is 0 Å². The van der Waals surface area contributed by atoms with Crippen LogP contribution in [0.3, 0.4) is 0 Å². The fourth-order valence-electron chi connectivity index (χ4n) is 10.4. The van der Waals surface area contributed by atoms with E-state index >= 15 is 0 Å². The lowest BCUT2D eigenvalue weighted by Crippen LogP contribution is -2.40. The van der Waals surface area contributed by atoms with Crippen molar-refractivity contribution in [1.29, 1.82) is 0 Å². The minimum Gasteiger partial charge on any atom is -0.478 e. The van der Waals surface area contributed by atoms with Gasteiger partial charge in [-0.3, -0.25) is 0 Å². The van der Waals surface area contributed by atoms with Crippen molar-refractivity contribution in [2.24, 2.45) is 17.8 Å². The number of carboxylic acids is 3. The van der Waals surface area contributed by atoms with Crippen LogP contribution in [-0.2, 0) is 18.9 Å². The number of hydrogen-bond donors (Lipinski definition) is 9. The lowest BCUT2D eigenvalue weighted by atomic mass is 9.91. The fourth-order valence-corrected chi connectivity index (χ4v) is 10.4. The molecule has 13 nitrogen and oxygen atoms in total. The monoisotopic (exact) mass is 978 g/mol. The van der Waals surface area contributed by atoms with E-state index in [1.165, 1.54) is 193 Å². The first-order valence-electron chi connectivity index (χ1n) is 27.3. The summed E-state index contributed by atoms with van der Waals surface area (Å²) in [6.45, 7) is 10.2. The maximum Gasteiger partial charge on any atom is 0.466 e. The van der Waals surface area contributed by atoms with Gasteiger partial charge in [-0.05, 0) is 133 Å². The van der Waals surface area contributed by atoms with Gasteiger partial charge in [0, 0.05) is 53.0 Å². The molecule has 9 N–H and O–H groups in total. The standard InChI is InChI=1S/3C12H23N.3C6H8O2.H3O4P/c3*1-3-7-11(8-4-1)13-12-9-5-2-6-10-12;3*1-4(6(7)8)5-2-3-5;1-5(2,3)4/h3*11-13H,1-10H2;3*5H,1-3H2,(H,7,8);(H3,1,2,3,4). The topological polar surface area (TPSA) is 226 Å². The Balaban J connectivity index is 0.000000215. The molecule has 0 aromatic carbocycles. The van der Waals surface area contributed by atoms with Crippen LogP contribution in [0.1, 0.15) is 231 Å². The van der Waals surface area contributed by atoms with Crippen molar-refractivity contribution < 1.29 is 48.9 Å². The summed E-state index contributed by atoms with van der Waals surface area (Å²) in [5, 5.41) is 36.5. The zero-order valence-corrected chi connectivity index (χ0v) is 42.9. The summed E-state index contributed by atoms with van der Waals surface area (Å²) < 4.78 is 8.88. The number of phosphoric acid groups is 1. The van der Waals surface area contributed by atoms with Gasteiger partial charge in [0.2, 0.25) is 0 Å². The third-order valence-electron chi connectivity index (χ3n) is 15.1. The van der Waals surface area contributed by atoms with Gasteiger partial charge in [-0.25, -0.2) is 18.9 Å². The van der Waals surface area contributed by atoms with E-state index in [0.717, 1.165) is 74.8 Å². The first kappa shape index (κ1) is 59.9. The van der Waals surface area contributed by atoms with Crippen molar-refractivity contribution in [3.63, 3.8) is 0 Å². The van der Waals surface area contributed by atoms with Crippen LogP contribution < -0.4 is 16.0 Å². The highest BCUT2D eigenvalue weighted by molar-refractivity contribution is 7.45. The largest absolute Gasteiger partial charge is 0.478 e. The van der Waals surface area contributed by atoms with Gasteiger partial charge < -0.3 is 46.0 Å². The van der Waals surface area contributed by atoms with Crippen molar-refractivity contribution in [3.8, 4) is 0 Å². The highest BCUT2D eigenvalue weighted by atomic mass is 31.2. The minimum atomic E-state index is -4.64. The molecule has 0 amide bonds. The minimum absolute atomic E-state index is 0.299. The summed E-state index contributed by atoms with van der Waals surface area (Å²) in [4.78, 5) is 51.8. The average molecular weight is 978 g/mol. The number of carboxylic acid groups (broad SMARTS) is 3. The van der Waals surface area contributed by atoms with Crippen LogP contribution in [-0.4, -0.2) is 84.2 Å². The van der Waals surface area contributed by atoms with Crippen molar-refractivity contribution in [2.75, 3.05) is 0 Å². The Hall–Kier alpha value is -2.38. The number of nitrogens with one attached hydrogen (secondary N) is 3. The van der Waals surface area contributed by atoms with Gasteiger partial charge in [0.15, 0.2) is 0 Å². The maximum atomic E-state index is 10.1. The van der Waals surface area contributed by atoms with Crippen LogP contribution in [0, 0.1) is 17.8 Å². The van der Waals surface area contributed by atoms with Gasteiger partial charge in [0.25, 0.3) is 0 Å². The summed E-state index contributed by atoms with van der Waals surface area (Å²) >= 11 is 0. The van der Waals surface area contributed by atoms with Crippen LogP contribution in [0.2, 0.25) is 0 Å². The third kappa shape index (κ3) is 30.4. The molecule has 0 atom stereocenters. The lowest BCUT2D eigenvalue weighted by Gasteiger charge is -2.30. The summed E-state index contributed by atoms with van der Waals surface area (Å²) in [5.41, 5.74) is 1.14. The van der Waals surface area contributed by atoms with Crippen LogP contribution in [0.5, 0.6) is 0 Å². The Kier molecular flexibility index (Phi) is 30.0. The van der Waals surface area contributed by atoms with E-state index in [0.29, 0.717) is 34.5 Å². The van der Waals surface area contributed by atoms with Crippen LogP contribution in [0.15, 0.2) is 36.5 Å². The Bertz CT molecular complexity index is 1290. The second-order valence-electron chi connectivity index (χ2n) is 21.3.